The molecule has 0 rings (SSSR count). The number of carbonyl (C=O) groups is 1. The molecule has 0 unspecified atom stereocenters. The number of carbonyl (C=O) groups excluding carboxylic acids is 1. The maximum absolute atomic E-state index is 9.80. The minimum absolute atomic E-state index is 0.898. The zero-order valence-electron chi connectivity index (χ0n) is 5.96. The molecule has 0 aromatic rings. The van der Waals surface area contributed by atoms with Crippen LogP contribution in [-0.2, 0) is 4.79 Å². The first kappa shape index (κ1) is 8.98. The number of hydrogen-bond donors (Lipinski definition) is 0. The highest BCUT2D eigenvalue weighted by Gasteiger charge is 1.88. The number of nitrogens with zero attached hydrogens (tertiary/aromatic N) is 1. The third kappa shape index (κ3) is 7.98. The first-order chi connectivity index (χ1) is 4.27. The number of hydrogen-bond acceptors (Lipinski definition) is 3. The fraction of sp³-hybridized carbons (Fsp3) is 0.833. The van der Waals surface area contributed by atoms with E-state index in [1.807, 2.05) is 14.1 Å². The molecule has 0 aromatic heterocycles. The third-order valence-corrected chi connectivity index (χ3v) is 1.60. The lowest BCUT2D eigenvalue weighted by molar-refractivity contribution is 0.410. The lowest BCUT2D eigenvalue weighted by atomic mass is 10.5. The molecule has 9 heavy (non-hydrogen) atoms. The second kappa shape index (κ2) is 6.11. The first-order valence-electron chi connectivity index (χ1n) is 2.97. The van der Waals surface area contributed by atoms with Crippen molar-refractivity contribution in [3.05, 3.63) is 0 Å². The molecule has 0 aromatic carbocycles. The Labute approximate surface area is 60.6 Å². The van der Waals surface area contributed by atoms with E-state index in [2.05, 4.69) is 4.90 Å². The van der Waals surface area contributed by atoms with Gasteiger partial charge in [-0.1, -0.05) is 11.8 Å². The topological polar surface area (TPSA) is 20.3 Å². The molecule has 0 amide bonds. The predicted octanol–water partition coefficient (Wildman–Crippen LogP) is 0.861. The van der Waals surface area contributed by atoms with Gasteiger partial charge in [-0.05, 0) is 27.1 Å². The van der Waals surface area contributed by atoms with Gasteiger partial charge >= 0.3 is 0 Å². The molecule has 0 heterocycles. The SMILES string of the molecule is CN(C)CCCSC=O. The fourth-order valence-corrected chi connectivity index (χ4v) is 0.904. The van der Waals surface area contributed by atoms with E-state index in [-0.39, 0.29) is 0 Å². The Morgan fingerprint density at radius 3 is 2.67 bits per heavy atom. The molecule has 0 atom stereocenters. The van der Waals surface area contributed by atoms with Crippen LogP contribution < -0.4 is 0 Å². The summed E-state index contributed by atoms with van der Waals surface area (Å²) < 4.78 is 0. The summed E-state index contributed by atoms with van der Waals surface area (Å²) in [7, 11) is 4.07. The van der Waals surface area contributed by atoms with E-state index in [9.17, 15) is 4.79 Å². The average molecular weight is 147 g/mol. The predicted molar refractivity (Wildman–Crippen MR) is 42.4 cm³/mol. The van der Waals surface area contributed by atoms with E-state index in [1.165, 1.54) is 11.8 Å². The summed E-state index contributed by atoms with van der Waals surface area (Å²) in [6.07, 6.45) is 1.09. The molecule has 0 aliphatic rings. The zero-order chi connectivity index (χ0) is 7.11. The van der Waals surface area contributed by atoms with Gasteiger partial charge in [0, 0.05) is 5.75 Å². The van der Waals surface area contributed by atoms with Gasteiger partial charge in [0.25, 0.3) is 0 Å². The molecule has 0 radical (unpaired) electrons. The van der Waals surface area contributed by atoms with Gasteiger partial charge < -0.3 is 4.90 Å². The minimum Gasteiger partial charge on any atom is -0.309 e. The van der Waals surface area contributed by atoms with Gasteiger partial charge in [0.15, 0.2) is 5.62 Å². The van der Waals surface area contributed by atoms with Gasteiger partial charge in [-0.3, -0.25) is 4.79 Å². The highest BCUT2D eigenvalue weighted by Crippen LogP contribution is 1.96. The van der Waals surface area contributed by atoms with Crippen molar-refractivity contribution in [2.45, 2.75) is 6.42 Å². The van der Waals surface area contributed by atoms with Crippen LogP contribution in [0.1, 0.15) is 6.42 Å². The van der Waals surface area contributed by atoms with Crippen LogP contribution in [0.25, 0.3) is 0 Å². The first-order valence-corrected chi connectivity index (χ1v) is 4.02. The maximum Gasteiger partial charge on any atom is 0.176 e. The third-order valence-electron chi connectivity index (χ3n) is 0.936. The Morgan fingerprint density at radius 1 is 1.56 bits per heavy atom. The molecular weight excluding hydrogens is 134 g/mol. The molecule has 2 nitrogen and oxygen atoms in total. The fourth-order valence-electron chi connectivity index (χ4n) is 0.512. The number of rotatable bonds is 5. The van der Waals surface area contributed by atoms with Gasteiger partial charge in [-0.2, -0.15) is 0 Å². The second-order valence-electron chi connectivity index (χ2n) is 2.12. The molecular formula is C6H13NOS. The van der Waals surface area contributed by atoms with Crippen molar-refractivity contribution in [3.63, 3.8) is 0 Å². The monoisotopic (exact) mass is 147 g/mol. The zero-order valence-corrected chi connectivity index (χ0v) is 6.78. The number of thioether (sulfide) groups is 1. The lowest BCUT2D eigenvalue weighted by Crippen LogP contribution is -2.13. The Kier molecular flexibility index (Phi) is 6.09. The highest BCUT2D eigenvalue weighted by molar-refractivity contribution is 8.11. The van der Waals surface area contributed by atoms with Crippen LogP contribution in [0.5, 0.6) is 0 Å². The van der Waals surface area contributed by atoms with Crippen molar-refractivity contribution < 1.29 is 4.79 Å². The van der Waals surface area contributed by atoms with E-state index in [1.54, 1.807) is 0 Å². The smallest absolute Gasteiger partial charge is 0.176 e. The molecule has 0 fully saturated rings. The second-order valence-corrected chi connectivity index (χ2v) is 3.06. The van der Waals surface area contributed by atoms with E-state index >= 15 is 0 Å². The highest BCUT2D eigenvalue weighted by atomic mass is 32.2. The van der Waals surface area contributed by atoms with Crippen LogP contribution in [0.2, 0.25) is 0 Å². The van der Waals surface area contributed by atoms with Gasteiger partial charge in [-0.25, -0.2) is 0 Å². The lowest BCUT2D eigenvalue weighted by Gasteiger charge is -2.06. The van der Waals surface area contributed by atoms with E-state index in [0.717, 1.165) is 24.3 Å². The standard InChI is InChI=1S/C6H13NOS/c1-7(2)4-3-5-9-6-8/h6H,3-5H2,1-2H3. The summed E-state index contributed by atoms with van der Waals surface area (Å²) in [5.41, 5.74) is 0.898. The van der Waals surface area contributed by atoms with Crippen LogP contribution in [0.3, 0.4) is 0 Å². The van der Waals surface area contributed by atoms with Crippen LogP contribution >= 0.6 is 11.8 Å². The van der Waals surface area contributed by atoms with Crippen molar-refractivity contribution in [2.75, 3.05) is 26.4 Å². The van der Waals surface area contributed by atoms with Crippen molar-refractivity contribution in [1.29, 1.82) is 0 Å². The summed E-state index contributed by atoms with van der Waals surface area (Å²) in [4.78, 5) is 11.9. The molecule has 0 saturated carbocycles. The van der Waals surface area contributed by atoms with Crippen LogP contribution in [0.15, 0.2) is 0 Å². The summed E-state index contributed by atoms with van der Waals surface area (Å²) in [5, 5.41) is 0. The molecule has 0 aliphatic heterocycles. The summed E-state index contributed by atoms with van der Waals surface area (Å²) in [5.74, 6) is 0.946. The van der Waals surface area contributed by atoms with E-state index in [4.69, 9.17) is 0 Å². The van der Waals surface area contributed by atoms with Crippen molar-refractivity contribution in [1.82, 2.24) is 4.90 Å². The van der Waals surface area contributed by atoms with Crippen LogP contribution in [-0.4, -0.2) is 36.9 Å². The van der Waals surface area contributed by atoms with Crippen LogP contribution in [0, 0.1) is 0 Å². The van der Waals surface area contributed by atoms with Gasteiger partial charge in [0.1, 0.15) is 0 Å². The van der Waals surface area contributed by atoms with Crippen molar-refractivity contribution in [3.8, 4) is 0 Å². The minimum atomic E-state index is 0.898. The Hall–Kier alpha value is -0.0200. The Balaban J connectivity index is 2.82. The largest absolute Gasteiger partial charge is 0.309 e. The molecule has 0 bridgehead atoms. The summed E-state index contributed by atoms with van der Waals surface area (Å²) >= 11 is 1.34. The molecule has 54 valence electrons. The van der Waals surface area contributed by atoms with Crippen LogP contribution in [0.4, 0.5) is 0 Å². The van der Waals surface area contributed by atoms with E-state index in [0.29, 0.717) is 0 Å². The van der Waals surface area contributed by atoms with E-state index < -0.39 is 0 Å². The normalized spacial score (nSPS) is 10.1. The Bertz CT molecular complexity index is 75.5. The van der Waals surface area contributed by atoms with Gasteiger partial charge in [0.05, 0.1) is 0 Å². The summed E-state index contributed by atoms with van der Waals surface area (Å²) in [6.45, 7) is 1.07. The molecule has 3 heteroatoms. The maximum atomic E-state index is 9.80. The average Bonchev–Trinajstić information content (AvgIpc) is 1.80. The van der Waals surface area contributed by atoms with Gasteiger partial charge in [-0.15, -0.1) is 0 Å². The molecule has 0 aliphatic carbocycles. The molecule has 0 spiro atoms. The Morgan fingerprint density at radius 2 is 2.22 bits per heavy atom. The van der Waals surface area contributed by atoms with Gasteiger partial charge in [0.2, 0.25) is 0 Å². The summed E-state index contributed by atoms with van der Waals surface area (Å²) in [6, 6.07) is 0. The molecule has 0 N–H and O–H groups in total. The molecule has 0 saturated heterocycles. The quantitative estimate of drug-likeness (QED) is 0.425. The van der Waals surface area contributed by atoms with Crippen molar-refractivity contribution in [2.24, 2.45) is 0 Å². The van der Waals surface area contributed by atoms with Crippen molar-refractivity contribution >= 4 is 17.4 Å².